The molecule has 58 heavy (non-hydrogen) atoms. The molecule has 0 spiro atoms. The van der Waals surface area contributed by atoms with Gasteiger partial charge < -0.3 is 83.1 Å². The molecule has 0 unspecified atom stereocenters. The van der Waals surface area contributed by atoms with Gasteiger partial charge in [0.25, 0.3) is 0 Å². The Bertz CT molecular complexity index is 1940. The lowest BCUT2D eigenvalue weighted by Crippen LogP contribution is -2.61. The number of fused-ring (bicyclic) bond motifs is 3. The molecule has 4 aliphatic heterocycles. The van der Waals surface area contributed by atoms with Gasteiger partial charge >= 0.3 is 5.97 Å². The van der Waals surface area contributed by atoms with E-state index in [2.05, 4.69) is 10.3 Å². The van der Waals surface area contributed by atoms with Gasteiger partial charge in [0.05, 0.1) is 65.9 Å². The minimum absolute atomic E-state index is 0.0129. The van der Waals surface area contributed by atoms with E-state index in [0.717, 1.165) is 11.1 Å². The number of benzene rings is 2. The van der Waals surface area contributed by atoms with Gasteiger partial charge in [0.2, 0.25) is 12.5 Å². The standard InChI is InChI=1S/C37H45N3O18/c1-49-21-4-14(5-22(50-2)34(21)51-3)25-16-6-19-20(56-13-55-19)7-17(16)27(18-11-52-35(48)26(18)25)40-8-15(38-39-40)10-53-36-33(47)31(45)29(43)24(58-36)12-54-37-32(46)30(44)28(42)23(9-41)57-37/h4-8,18,23-33,36-37,41-47H,9-13H2,1-3H3/t18-,23+,24+,25+,26-,27+,28+,29+,30-,31-,32+,33+,36+,37+/m0/s1. The number of rotatable bonds is 12. The average Bonchev–Trinajstić information content (AvgIpc) is 4.00. The molecule has 1 aliphatic carbocycles. The van der Waals surface area contributed by atoms with Crippen LogP contribution in [-0.2, 0) is 35.1 Å². The summed E-state index contributed by atoms with van der Waals surface area (Å²) in [5.41, 5.74) is 2.51. The van der Waals surface area contributed by atoms with E-state index in [1.54, 1.807) is 23.0 Å². The van der Waals surface area contributed by atoms with Crippen LogP contribution in [0.3, 0.4) is 0 Å². The Balaban J connectivity index is 1.04. The fourth-order valence-corrected chi connectivity index (χ4v) is 8.42. The Morgan fingerprint density at radius 3 is 2.02 bits per heavy atom. The van der Waals surface area contributed by atoms with Crippen LogP contribution < -0.4 is 23.7 Å². The van der Waals surface area contributed by atoms with Gasteiger partial charge in [-0.05, 0) is 41.0 Å². The topological polar surface area (TPSA) is 282 Å². The smallest absolute Gasteiger partial charge is 0.310 e. The summed E-state index contributed by atoms with van der Waals surface area (Å²) in [4.78, 5) is 13.7. The number of hydrogen-bond donors (Lipinski definition) is 7. The molecule has 3 aromatic rings. The molecule has 0 amide bonds. The summed E-state index contributed by atoms with van der Waals surface area (Å²) in [7, 11) is 4.52. The maximum absolute atomic E-state index is 13.7. The SMILES string of the molecule is COc1cc([C@@H]2c3cc4c(cc3[C@@H](n3cc(CO[C@@H]5O[C@H](CO[C@@H]6O[C@H](CO)[C@@H](O)[C@H](O)[C@H]6O)[C@@H](O)[C@H](O)[C@H]5O)nn3)[C@H]3COC(=O)[C@H]23)OCO4)cc(OC)c1OC. The number of aliphatic hydroxyl groups excluding tert-OH is 7. The lowest BCUT2D eigenvalue weighted by molar-refractivity contribution is -0.332. The molecule has 7 N–H and O–H groups in total. The van der Waals surface area contributed by atoms with Crippen molar-refractivity contribution in [3.05, 3.63) is 52.8 Å². The van der Waals surface area contributed by atoms with Gasteiger partial charge in [0, 0.05) is 11.8 Å². The zero-order valence-electron chi connectivity index (χ0n) is 31.5. The molecule has 1 aromatic heterocycles. The normalized spacial score (nSPS) is 35.2. The second-order valence-corrected chi connectivity index (χ2v) is 14.6. The summed E-state index contributed by atoms with van der Waals surface area (Å²) in [6, 6.07) is 6.73. The lowest BCUT2D eigenvalue weighted by Gasteiger charge is -2.42. The van der Waals surface area contributed by atoms with Gasteiger partial charge in [-0.15, -0.1) is 5.10 Å². The number of carbonyl (C=O) groups excluding carboxylic acids is 1. The van der Waals surface area contributed by atoms with Crippen molar-refractivity contribution in [3.63, 3.8) is 0 Å². The van der Waals surface area contributed by atoms with Gasteiger partial charge in [-0.3, -0.25) is 4.79 Å². The molecule has 2 aromatic carbocycles. The highest BCUT2D eigenvalue weighted by Crippen LogP contribution is 2.56. The molecular formula is C37H45N3O18. The zero-order chi connectivity index (χ0) is 41.0. The van der Waals surface area contributed by atoms with Crippen molar-refractivity contribution in [2.75, 3.05) is 47.9 Å². The van der Waals surface area contributed by atoms with Crippen molar-refractivity contribution >= 4 is 5.97 Å². The molecule has 5 heterocycles. The van der Waals surface area contributed by atoms with Crippen LogP contribution in [0.1, 0.15) is 34.3 Å². The first-order chi connectivity index (χ1) is 28.0. The molecule has 21 heteroatoms. The fraction of sp³-hybridized carbons (Fsp3) is 0.595. The number of aromatic nitrogens is 3. The second-order valence-electron chi connectivity index (χ2n) is 14.6. The van der Waals surface area contributed by atoms with Gasteiger partial charge in [-0.25, -0.2) is 4.68 Å². The molecule has 8 rings (SSSR count). The number of methoxy groups -OCH3 is 3. The van der Waals surface area contributed by atoms with Crippen molar-refractivity contribution in [2.45, 2.75) is 80.0 Å². The molecule has 0 saturated carbocycles. The number of cyclic esters (lactones) is 1. The predicted molar refractivity (Wildman–Crippen MR) is 188 cm³/mol. The van der Waals surface area contributed by atoms with Crippen LogP contribution >= 0.6 is 0 Å². The minimum Gasteiger partial charge on any atom is -0.493 e. The van der Waals surface area contributed by atoms with Crippen molar-refractivity contribution in [3.8, 4) is 28.7 Å². The molecule has 21 nitrogen and oxygen atoms in total. The summed E-state index contributed by atoms with van der Waals surface area (Å²) in [6.07, 6.45) is -14.2. The highest BCUT2D eigenvalue weighted by atomic mass is 16.7. The Morgan fingerprint density at radius 2 is 1.38 bits per heavy atom. The number of aliphatic hydroxyl groups is 7. The molecule has 14 atom stereocenters. The van der Waals surface area contributed by atoms with E-state index < -0.39 is 104 Å². The van der Waals surface area contributed by atoms with Crippen LogP contribution in [0.4, 0.5) is 0 Å². The maximum Gasteiger partial charge on any atom is 0.310 e. The van der Waals surface area contributed by atoms with E-state index in [1.165, 1.54) is 21.3 Å². The second kappa shape index (κ2) is 16.3. The predicted octanol–water partition coefficient (Wildman–Crippen LogP) is -2.30. The lowest BCUT2D eigenvalue weighted by atomic mass is 9.65. The van der Waals surface area contributed by atoms with Gasteiger partial charge in [-0.1, -0.05) is 5.21 Å². The van der Waals surface area contributed by atoms with Gasteiger partial charge in [0.15, 0.2) is 35.6 Å². The number of hydrogen-bond acceptors (Lipinski definition) is 20. The van der Waals surface area contributed by atoms with Crippen LogP contribution in [0.15, 0.2) is 30.5 Å². The summed E-state index contributed by atoms with van der Waals surface area (Å²) in [5.74, 6) is 0.149. The van der Waals surface area contributed by atoms with E-state index in [0.29, 0.717) is 34.3 Å². The highest BCUT2D eigenvalue weighted by molar-refractivity contribution is 5.79. The van der Waals surface area contributed by atoms with Crippen molar-refractivity contribution < 1.29 is 87.9 Å². The van der Waals surface area contributed by atoms with Gasteiger partial charge in [0.1, 0.15) is 54.5 Å². The van der Waals surface area contributed by atoms with E-state index in [1.807, 2.05) is 12.1 Å². The summed E-state index contributed by atoms with van der Waals surface area (Å²) in [6.45, 7) is -1.41. The minimum atomic E-state index is -1.75. The molecule has 3 fully saturated rings. The first kappa shape index (κ1) is 40.4. The van der Waals surface area contributed by atoms with Crippen molar-refractivity contribution in [1.29, 1.82) is 0 Å². The first-order valence-corrected chi connectivity index (χ1v) is 18.5. The number of ether oxygens (including phenoxy) is 10. The Morgan fingerprint density at radius 1 is 0.759 bits per heavy atom. The summed E-state index contributed by atoms with van der Waals surface area (Å²) in [5, 5.41) is 80.7. The van der Waals surface area contributed by atoms with Crippen LogP contribution in [-0.4, -0.2) is 166 Å². The van der Waals surface area contributed by atoms with E-state index in [9.17, 15) is 40.5 Å². The molecular weight excluding hydrogens is 774 g/mol. The third-order valence-corrected chi connectivity index (χ3v) is 11.4. The first-order valence-electron chi connectivity index (χ1n) is 18.5. The third kappa shape index (κ3) is 6.98. The van der Waals surface area contributed by atoms with Crippen molar-refractivity contribution in [1.82, 2.24) is 15.0 Å². The quantitative estimate of drug-likeness (QED) is 0.0946. The zero-order valence-corrected chi connectivity index (χ0v) is 31.5. The van der Waals surface area contributed by atoms with Crippen LogP contribution in [0.2, 0.25) is 0 Å². The summed E-state index contributed by atoms with van der Waals surface area (Å²) >= 11 is 0. The molecule has 0 radical (unpaired) electrons. The van der Waals surface area contributed by atoms with Crippen molar-refractivity contribution in [2.24, 2.45) is 11.8 Å². The molecule has 0 bridgehead atoms. The van der Waals surface area contributed by atoms with Crippen LogP contribution in [0.25, 0.3) is 0 Å². The maximum atomic E-state index is 13.7. The monoisotopic (exact) mass is 819 g/mol. The largest absolute Gasteiger partial charge is 0.493 e. The van der Waals surface area contributed by atoms with E-state index in [4.69, 9.17) is 47.4 Å². The van der Waals surface area contributed by atoms with E-state index in [-0.39, 0.29) is 25.7 Å². The Labute approximate surface area is 330 Å². The summed E-state index contributed by atoms with van der Waals surface area (Å²) < 4.78 is 58.1. The third-order valence-electron chi connectivity index (χ3n) is 11.4. The average molecular weight is 820 g/mol. The number of carbonyl (C=O) groups is 1. The van der Waals surface area contributed by atoms with Gasteiger partial charge in [-0.2, -0.15) is 0 Å². The van der Waals surface area contributed by atoms with Crippen LogP contribution in [0.5, 0.6) is 28.7 Å². The number of esters is 1. The molecule has 316 valence electrons. The Kier molecular flexibility index (Phi) is 11.4. The highest BCUT2D eigenvalue weighted by Gasteiger charge is 2.54. The van der Waals surface area contributed by atoms with Crippen LogP contribution in [0, 0.1) is 11.8 Å². The number of nitrogens with zero attached hydrogens (tertiary/aromatic N) is 3. The van der Waals surface area contributed by atoms with E-state index >= 15 is 0 Å². The Hall–Kier alpha value is -4.39. The fourth-order valence-electron chi connectivity index (χ4n) is 8.42. The molecule has 3 saturated heterocycles. The molecule has 5 aliphatic rings.